The third-order valence-corrected chi connectivity index (χ3v) is 9.78. The number of hydrogen-bond acceptors (Lipinski definition) is 5. The minimum absolute atomic E-state index is 0.566. The lowest BCUT2D eigenvalue weighted by atomic mass is 10.1. The summed E-state index contributed by atoms with van der Waals surface area (Å²) >= 11 is 1.81. The van der Waals surface area contributed by atoms with E-state index in [0.29, 0.717) is 17.6 Å². The molecule has 0 radical (unpaired) electrons. The summed E-state index contributed by atoms with van der Waals surface area (Å²) in [6.07, 6.45) is 0. The summed E-state index contributed by atoms with van der Waals surface area (Å²) in [6, 6.07) is 46.1. The van der Waals surface area contributed by atoms with Crippen LogP contribution in [0.25, 0.3) is 92.6 Å². The van der Waals surface area contributed by atoms with E-state index in [9.17, 15) is 0 Å². The quantitative estimate of drug-likeness (QED) is 0.204. The topological polar surface area (TPSA) is 56.7 Å². The van der Waals surface area contributed by atoms with Gasteiger partial charge in [0, 0.05) is 58.9 Å². The highest BCUT2D eigenvalue weighted by Crippen LogP contribution is 2.42. The van der Waals surface area contributed by atoms with E-state index in [1.54, 1.807) is 11.3 Å². The number of thiophene rings is 1. The van der Waals surface area contributed by atoms with Crippen LogP contribution < -0.4 is 0 Å². The number of fused-ring (bicyclic) bond motifs is 9. The standard InChI is InChI=1S/C39H22N4OS/c1-3-11-23(12-4-1)37-40-38(24-13-5-2-6-14-24)42-39(41-37)43-31-17-9-7-15-25(31)27-19-28-29-20-30-26-16-8-10-18-35(26)45-36(30)22-34(29)44-33(28)21-32(27)43/h1-22H. The van der Waals surface area contributed by atoms with Crippen LogP contribution in [0.2, 0.25) is 0 Å². The van der Waals surface area contributed by atoms with Gasteiger partial charge < -0.3 is 4.42 Å². The number of hydrogen-bond donors (Lipinski definition) is 0. The zero-order valence-electron chi connectivity index (χ0n) is 23.8. The molecule has 0 N–H and O–H groups in total. The van der Waals surface area contributed by atoms with Crippen LogP contribution in [0.3, 0.4) is 0 Å². The summed E-state index contributed by atoms with van der Waals surface area (Å²) in [5, 5.41) is 7.03. The van der Waals surface area contributed by atoms with Crippen LogP contribution in [0, 0.1) is 0 Å². The Labute approximate surface area is 260 Å². The molecule has 0 aliphatic rings. The number of aromatic nitrogens is 4. The predicted octanol–water partition coefficient (Wildman–Crippen LogP) is 10.6. The molecule has 0 spiro atoms. The third kappa shape index (κ3) is 3.70. The van der Waals surface area contributed by atoms with Crippen molar-refractivity contribution in [1.82, 2.24) is 19.5 Å². The van der Waals surface area contributed by atoms with Gasteiger partial charge in [-0.1, -0.05) is 97.1 Å². The molecule has 10 rings (SSSR count). The molecule has 6 heteroatoms. The average molecular weight is 595 g/mol. The Morgan fingerprint density at radius 3 is 1.78 bits per heavy atom. The van der Waals surface area contributed by atoms with Crippen molar-refractivity contribution in [2.75, 3.05) is 0 Å². The van der Waals surface area contributed by atoms with Crippen molar-refractivity contribution in [3.05, 3.63) is 133 Å². The molecule has 5 nitrogen and oxygen atoms in total. The molecule has 0 atom stereocenters. The molecule has 0 aliphatic carbocycles. The Morgan fingerprint density at radius 2 is 1.04 bits per heavy atom. The molecule has 0 saturated carbocycles. The molecule has 0 saturated heterocycles. The Balaban J connectivity index is 1.28. The summed E-state index contributed by atoms with van der Waals surface area (Å²) < 4.78 is 11.2. The molecule has 0 fully saturated rings. The van der Waals surface area contributed by atoms with Crippen LogP contribution in [0.4, 0.5) is 0 Å². The summed E-state index contributed by atoms with van der Waals surface area (Å²) in [7, 11) is 0. The Morgan fingerprint density at radius 1 is 0.444 bits per heavy atom. The summed E-state index contributed by atoms with van der Waals surface area (Å²) in [6.45, 7) is 0. The van der Waals surface area contributed by atoms with Crippen molar-refractivity contribution in [3.8, 4) is 28.7 Å². The van der Waals surface area contributed by atoms with E-state index < -0.39 is 0 Å². The van der Waals surface area contributed by atoms with Gasteiger partial charge in [-0.3, -0.25) is 4.57 Å². The second kappa shape index (κ2) is 9.32. The lowest BCUT2D eigenvalue weighted by Gasteiger charge is -2.10. The highest BCUT2D eigenvalue weighted by atomic mass is 32.1. The molecule has 210 valence electrons. The Bertz CT molecular complexity index is 2700. The van der Waals surface area contributed by atoms with E-state index in [1.807, 2.05) is 60.7 Å². The number of furan rings is 1. The molecule has 4 aromatic heterocycles. The third-order valence-electron chi connectivity index (χ3n) is 8.65. The van der Waals surface area contributed by atoms with Crippen LogP contribution in [0.15, 0.2) is 138 Å². The van der Waals surface area contributed by atoms with E-state index >= 15 is 0 Å². The fraction of sp³-hybridized carbons (Fsp3) is 0. The number of rotatable bonds is 3. The number of nitrogens with zero attached hydrogens (tertiary/aromatic N) is 4. The zero-order valence-corrected chi connectivity index (χ0v) is 24.6. The lowest BCUT2D eigenvalue weighted by molar-refractivity contribution is 0.670. The number of para-hydroxylation sites is 1. The highest BCUT2D eigenvalue weighted by Gasteiger charge is 2.20. The fourth-order valence-electron chi connectivity index (χ4n) is 6.57. The van der Waals surface area contributed by atoms with Gasteiger partial charge in [-0.15, -0.1) is 11.3 Å². The van der Waals surface area contributed by atoms with Crippen LogP contribution in [-0.2, 0) is 0 Å². The van der Waals surface area contributed by atoms with Crippen LogP contribution in [0.5, 0.6) is 0 Å². The first-order valence-corrected chi connectivity index (χ1v) is 15.7. The average Bonchev–Trinajstić information content (AvgIpc) is 3.75. The molecular formula is C39H22N4OS. The smallest absolute Gasteiger partial charge is 0.238 e. The molecule has 0 amide bonds. The van der Waals surface area contributed by atoms with E-state index in [4.69, 9.17) is 19.4 Å². The van der Waals surface area contributed by atoms with E-state index in [2.05, 4.69) is 77.4 Å². The SMILES string of the molecule is c1ccc(-c2nc(-c3ccccc3)nc(-n3c4ccccc4c4cc5c(cc43)oc3cc4sc6ccccc6c4cc35)n2)cc1. The van der Waals surface area contributed by atoms with Crippen molar-refractivity contribution < 1.29 is 4.42 Å². The first-order chi connectivity index (χ1) is 22.3. The summed E-state index contributed by atoms with van der Waals surface area (Å²) in [5.74, 6) is 1.82. The molecule has 0 bridgehead atoms. The second-order valence-corrected chi connectivity index (χ2v) is 12.4. The van der Waals surface area contributed by atoms with Crippen LogP contribution in [0.1, 0.15) is 0 Å². The number of benzene rings is 6. The molecule has 0 unspecified atom stereocenters. The predicted molar refractivity (Wildman–Crippen MR) is 185 cm³/mol. The van der Waals surface area contributed by atoms with Gasteiger partial charge in [-0.05, 0) is 30.3 Å². The zero-order chi connectivity index (χ0) is 29.5. The molecule has 45 heavy (non-hydrogen) atoms. The van der Waals surface area contributed by atoms with Crippen molar-refractivity contribution in [3.63, 3.8) is 0 Å². The summed E-state index contributed by atoms with van der Waals surface area (Å²) in [5.41, 5.74) is 5.62. The van der Waals surface area contributed by atoms with Crippen molar-refractivity contribution in [2.45, 2.75) is 0 Å². The maximum atomic E-state index is 6.58. The van der Waals surface area contributed by atoms with Gasteiger partial charge >= 0.3 is 0 Å². The first-order valence-electron chi connectivity index (χ1n) is 14.9. The fourth-order valence-corrected chi connectivity index (χ4v) is 7.69. The molecule has 4 heterocycles. The lowest BCUT2D eigenvalue weighted by Crippen LogP contribution is -2.06. The molecule has 10 aromatic rings. The van der Waals surface area contributed by atoms with Gasteiger partial charge in [0.2, 0.25) is 5.95 Å². The van der Waals surface area contributed by atoms with E-state index in [0.717, 1.165) is 54.9 Å². The highest BCUT2D eigenvalue weighted by molar-refractivity contribution is 7.25. The van der Waals surface area contributed by atoms with Crippen LogP contribution in [-0.4, -0.2) is 19.5 Å². The van der Waals surface area contributed by atoms with Crippen LogP contribution >= 0.6 is 11.3 Å². The molecule has 0 aliphatic heterocycles. The Hall–Kier alpha value is -5.85. The van der Waals surface area contributed by atoms with Gasteiger partial charge in [-0.2, -0.15) is 9.97 Å². The van der Waals surface area contributed by atoms with E-state index in [1.165, 1.54) is 20.2 Å². The minimum Gasteiger partial charge on any atom is -0.456 e. The summed E-state index contributed by atoms with van der Waals surface area (Å²) in [4.78, 5) is 15.0. The second-order valence-electron chi connectivity index (χ2n) is 11.3. The van der Waals surface area contributed by atoms with Crippen molar-refractivity contribution in [1.29, 1.82) is 0 Å². The van der Waals surface area contributed by atoms with Gasteiger partial charge in [0.25, 0.3) is 0 Å². The first kappa shape index (κ1) is 24.6. The maximum Gasteiger partial charge on any atom is 0.238 e. The normalized spacial score (nSPS) is 12.0. The molecular weight excluding hydrogens is 573 g/mol. The monoisotopic (exact) mass is 594 g/mol. The van der Waals surface area contributed by atoms with Crippen molar-refractivity contribution in [2.24, 2.45) is 0 Å². The maximum absolute atomic E-state index is 6.58. The molecule has 6 aromatic carbocycles. The van der Waals surface area contributed by atoms with Gasteiger partial charge in [-0.25, -0.2) is 4.98 Å². The van der Waals surface area contributed by atoms with Gasteiger partial charge in [0.05, 0.1) is 11.0 Å². The van der Waals surface area contributed by atoms with Gasteiger partial charge in [0.1, 0.15) is 11.2 Å². The largest absolute Gasteiger partial charge is 0.456 e. The Kier molecular flexibility index (Phi) is 5.09. The van der Waals surface area contributed by atoms with Crippen molar-refractivity contribution >= 4 is 75.3 Å². The van der Waals surface area contributed by atoms with Gasteiger partial charge in [0.15, 0.2) is 11.6 Å². The minimum atomic E-state index is 0.566. The van der Waals surface area contributed by atoms with E-state index in [-0.39, 0.29) is 0 Å².